The Morgan fingerprint density at radius 2 is 1.16 bits per heavy atom. The zero-order valence-corrected chi connectivity index (χ0v) is 30.0. The number of sulfone groups is 1. The second-order valence-electron chi connectivity index (χ2n) is 11.5. The van der Waals surface area contributed by atoms with E-state index in [1.165, 1.54) is 18.4 Å². The maximum absolute atomic E-state index is 12.2. The predicted octanol–water partition coefficient (Wildman–Crippen LogP) is 6.55. The molecule has 0 aliphatic heterocycles. The van der Waals surface area contributed by atoms with Crippen LogP contribution < -0.4 is 9.47 Å². The molecule has 0 saturated carbocycles. The molecule has 0 amide bonds. The molecular formula is C38H40O11S2. The molecular weight excluding hydrogens is 697 g/mol. The molecule has 0 heterocycles. The molecule has 0 aromatic heterocycles. The van der Waals surface area contributed by atoms with Crippen molar-refractivity contribution in [3.05, 3.63) is 109 Å². The summed E-state index contributed by atoms with van der Waals surface area (Å²) in [5, 5.41) is 11.6. The molecule has 1 N–H and O–H groups in total. The highest BCUT2D eigenvalue weighted by Gasteiger charge is 2.16. The highest BCUT2D eigenvalue weighted by molar-refractivity contribution is 7.90. The number of ether oxygens (including phenoxy) is 5. The number of rotatable bonds is 19. The number of aromatic hydroxyl groups is 1. The Kier molecular flexibility index (Phi) is 13.0. The third-order valence-corrected chi connectivity index (χ3v) is 10.1. The molecule has 270 valence electrons. The largest absolute Gasteiger partial charge is 0.508 e. The van der Waals surface area contributed by atoms with Gasteiger partial charge in [0.2, 0.25) is 0 Å². The second kappa shape index (κ2) is 17.6. The summed E-state index contributed by atoms with van der Waals surface area (Å²) in [6.45, 7) is 3.96. The van der Waals surface area contributed by atoms with Crippen LogP contribution >= 0.6 is 0 Å². The number of phenolic OH excluding ortho intramolecular Hbond substituents is 1. The Morgan fingerprint density at radius 1 is 0.588 bits per heavy atom. The molecule has 0 bridgehead atoms. The zero-order chi connectivity index (χ0) is 36.3. The number of benzene rings is 5. The zero-order valence-electron chi connectivity index (χ0n) is 28.3. The van der Waals surface area contributed by atoms with Gasteiger partial charge in [-0.05, 0) is 90.7 Å². The van der Waals surface area contributed by atoms with E-state index in [2.05, 4.69) is 0 Å². The van der Waals surface area contributed by atoms with Crippen molar-refractivity contribution < 1.29 is 49.8 Å². The van der Waals surface area contributed by atoms with Crippen molar-refractivity contribution >= 4 is 30.7 Å². The number of hydrogen-bond acceptors (Lipinski definition) is 11. The average Bonchev–Trinajstić information content (AvgIpc) is 3.11. The van der Waals surface area contributed by atoms with E-state index in [1.807, 2.05) is 19.1 Å². The van der Waals surface area contributed by atoms with Crippen LogP contribution in [0.3, 0.4) is 0 Å². The highest BCUT2D eigenvalue weighted by Crippen LogP contribution is 2.41. The van der Waals surface area contributed by atoms with E-state index in [9.17, 15) is 21.9 Å². The third-order valence-electron chi connectivity index (χ3n) is 7.61. The lowest BCUT2D eigenvalue weighted by molar-refractivity contribution is 0.00528. The fourth-order valence-corrected chi connectivity index (χ4v) is 6.49. The van der Waals surface area contributed by atoms with Crippen LogP contribution in [0.2, 0.25) is 0 Å². The minimum Gasteiger partial charge on any atom is -0.508 e. The summed E-state index contributed by atoms with van der Waals surface area (Å²) in [4.78, 5) is 0.339. The minimum absolute atomic E-state index is 0.0856. The summed E-state index contributed by atoms with van der Waals surface area (Å²) in [5.74, 6) is 1.90. The predicted molar refractivity (Wildman–Crippen MR) is 193 cm³/mol. The van der Waals surface area contributed by atoms with Crippen LogP contribution in [0, 0.1) is 6.92 Å². The summed E-state index contributed by atoms with van der Waals surface area (Å²) in [5.41, 5.74) is 2.50. The van der Waals surface area contributed by atoms with E-state index in [0.717, 1.165) is 27.5 Å². The number of hydrogen-bond donors (Lipinski definition) is 1. The lowest BCUT2D eigenvalue weighted by Gasteiger charge is -2.16. The van der Waals surface area contributed by atoms with Gasteiger partial charge in [-0.25, -0.2) is 8.42 Å². The van der Waals surface area contributed by atoms with Crippen LogP contribution in [0.1, 0.15) is 5.56 Å². The Hall–Kier alpha value is -4.50. The van der Waals surface area contributed by atoms with E-state index in [0.29, 0.717) is 56.9 Å². The van der Waals surface area contributed by atoms with Gasteiger partial charge < -0.3 is 28.8 Å². The van der Waals surface area contributed by atoms with Gasteiger partial charge in [0.15, 0.2) is 9.84 Å². The second-order valence-corrected chi connectivity index (χ2v) is 15.1. The van der Waals surface area contributed by atoms with Crippen molar-refractivity contribution in [1.29, 1.82) is 0 Å². The first-order chi connectivity index (χ1) is 24.5. The normalized spacial score (nSPS) is 11.9. The molecule has 5 aromatic rings. The van der Waals surface area contributed by atoms with Crippen LogP contribution in [-0.2, 0) is 38.3 Å². The molecule has 0 fully saturated rings. The van der Waals surface area contributed by atoms with Gasteiger partial charge in [0.05, 0.1) is 56.0 Å². The molecule has 0 saturated heterocycles. The lowest BCUT2D eigenvalue weighted by Crippen LogP contribution is -2.15. The SMILES string of the molecule is Cc1ccc(S(=O)(=O)OCCOCCOCCOCCOc2ccc(Oc3c(-c4ccc(S(C)(=O)=O)cc4)ccc4cc(O)ccc34)cc2)cc1. The van der Waals surface area contributed by atoms with Crippen molar-refractivity contribution in [2.45, 2.75) is 16.7 Å². The molecule has 11 nitrogen and oxygen atoms in total. The smallest absolute Gasteiger partial charge is 0.297 e. The first-order valence-electron chi connectivity index (χ1n) is 16.2. The van der Waals surface area contributed by atoms with E-state index in [1.54, 1.807) is 78.9 Å². The van der Waals surface area contributed by atoms with Crippen LogP contribution in [0.4, 0.5) is 0 Å². The number of aryl methyl sites for hydroxylation is 1. The first-order valence-corrected chi connectivity index (χ1v) is 19.5. The van der Waals surface area contributed by atoms with Gasteiger partial charge in [-0.15, -0.1) is 0 Å². The molecule has 13 heteroatoms. The Bertz CT molecular complexity index is 2100. The summed E-state index contributed by atoms with van der Waals surface area (Å²) >= 11 is 0. The highest BCUT2D eigenvalue weighted by atomic mass is 32.2. The summed E-state index contributed by atoms with van der Waals surface area (Å²) in [6, 6.07) is 29.0. The summed E-state index contributed by atoms with van der Waals surface area (Å²) in [6.07, 6.45) is 1.17. The van der Waals surface area contributed by atoms with Gasteiger partial charge in [0.1, 0.15) is 29.6 Å². The average molecular weight is 737 g/mol. The first kappa shape index (κ1) is 37.7. The topological polar surface area (TPSA) is 144 Å². The van der Waals surface area contributed by atoms with Crippen molar-refractivity contribution in [1.82, 2.24) is 0 Å². The van der Waals surface area contributed by atoms with Crippen LogP contribution in [0.25, 0.3) is 21.9 Å². The molecule has 0 radical (unpaired) electrons. The summed E-state index contributed by atoms with van der Waals surface area (Å²) in [7, 11) is -7.15. The van der Waals surface area contributed by atoms with E-state index >= 15 is 0 Å². The quantitative estimate of drug-likeness (QED) is 0.0728. The minimum atomic E-state index is -3.81. The Balaban J connectivity index is 1.01. The lowest BCUT2D eigenvalue weighted by atomic mass is 9.99. The van der Waals surface area contributed by atoms with E-state index in [4.69, 9.17) is 27.9 Å². The third kappa shape index (κ3) is 11.0. The van der Waals surface area contributed by atoms with E-state index in [-0.39, 0.29) is 28.8 Å². The van der Waals surface area contributed by atoms with Crippen LogP contribution in [0.5, 0.6) is 23.0 Å². The van der Waals surface area contributed by atoms with Crippen LogP contribution in [0.15, 0.2) is 113 Å². The van der Waals surface area contributed by atoms with Crippen molar-refractivity contribution in [3.63, 3.8) is 0 Å². The van der Waals surface area contributed by atoms with Gasteiger partial charge in [0.25, 0.3) is 10.1 Å². The van der Waals surface area contributed by atoms with Crippen LogP contribution in [-0.4, -0.2) is 81.1 Å². The van der Waals surface area contributed by atoms with Crippen molar-refractivity contribution in [2.24, 2.45) is 0 Å². The molecule has 0 spiro atoms. The molecule has 0 unspecified atom stereocenters. The van der Waals surface area contributed by atoms with Gasteiger partial charge in [-0.1, -0.05) is 35.9 Å². The van der Waals surface area contributed by atoms with Crippen molar-refractivity contribution in [2.75, 3.05) is 59.1 Å². The Morgan fingerprint density at radius 3 is 1.78 bits per heavy atom. The molecule has 0 aliphatic rings. The fourth-order valence-electron chi connectivity index (χ4n) is 4.97. The van der Waals surface area contributed by atoms with Gasteiger partial charge in [-0.2, -0.15) is 8.42 Å². The van der Waals surface area contributed by atoms with Gasteiger partial charge >= 0.3 is 0 Å². The molecule has 5 rings (SSSR count). The van der Waals surface area contributed by atoms with E-state index < -0.39 is 20.0 Å². The summed E-state index contributed by atoms with van der Waals surface area (Å²) < 4.78 is 81.8. The molecule has 51 heavy (non-hydrogen) atoms. The number of fused-ring (bicyclic) bond motifs is 1. The molecule has 0 aliphatic carbocycles. The number of phenols is 1. The maximum Gasteiger partial charge on any atom is 0.297 e. The van der Waals surface area contributed by atoms with Gasteiger partial charge in [0, 0.05) is 17.2 Å². The fraction of sp³-hybridized carbons (Fsp3) is 0.263. The molecule has 5 aromatic carbocycles. The molecule has 0 atom stereocenters. The van der Waals surface area contributed by atoms with Gasteiger partial charge in [-0.3, -0.25) is 4.18 Å². The standard InChI is InChI=1S/C38H40O11S2/c1-28-3-13-35(14-4-28)51(42,43)48-26-24-46-22-20-44-19-21-45-23-25-47-32-9-11-33(12-10-32)49-38-36(17-7-30-27-31(39)8-18-37(30)38)29-5-15-34(16-6-29)50(2,40)41/h3-18,27,39H,19-26H2,1-2H3. The Labute approximate surface area is 298 Å². The van der Waals surface area contributed by atoms with Crippen molar-refractivity contribution in [3.8, 4) is 34.1 Å². The maximum atomic E-state index is 12.2. The monoisotopic (exact) mass is 736 g/mol.